The number of thiazole rings is 1. The number of rotatable bonds is 6. The van der Waals surface area contributed by atoms with Crippen molar-refractivity contribution in [2.45, 2.75) is 37.5 Å². The first-order valence-electron chi connectivity index (χ1n) is 10.1. The lowest BCUT2D eigenvalue weighted by Gasteiger charge is -2.30. The maximum absolute atomic E-state index is 13.1. The van der Waals surface area contributed by atoms with E-state index in [1.54, 1.807) is 23.8 Å². The van der Waals surface area contributed by atoms with Crippen molar-refractivity contribution < 1.29 is 9.53 Å². The molecular weight excluding hydrogens is 418 g/mol. The van der Waals surface area contributed by atoms with Crippen molar-refractivity contribution in [2.24, 2.45) is 0 Å². The number of thioether (sulfide) groups is 1. The molecule has 1 atom stereocenters. The summed E-state index contributed by atoms with van der Waals surface area (Å²) in [5, 5.41) is 1.85. The van der Waals surface area contributed by atoms with Crippen LogP contribution in [0.15, 0.2) is 46.7 Å². The molecule has 1 aliphatic heterocycles. The second-order valence-corrected chi connectivity index (χ2v) is 9.22. The number of aromatic nitrogens is 2. The molecule has 0 spiro atoms. The summed E-state index contributed by atoms with van der Waals surface area (Å²) >= 11 is 2.96. The van der Waals surface area contributed by atoms with E-state index in [-0.39, 0.29) is 17.5 Å². The summed E-state index contributed by atoms with van der Waals surface area (Å²) in [5.41, 5.74) is 1.81. The van der Waals surface area contributed by atoms with Crippen molar-refractivity contribution >= 4 is 34.0 Å². The van der Waals surface area contributed by atoms with E-state index in [9.17, 15) is 9.59 Å². The lowest BCUT2D eigenvalue weighted by molar-refractivity contribution is -0.130. The van der Waals surface area contributed by atoms with Crippen LogP contribution in [-0.2, 0) is 10.5 Å². The van der Waals surface area contributed by atoms with Crippen LogP contribution in [0.2, 0.25) is 0 Å². The van der Waals surface area contributed by atoms with Crippen molar-refractivity contribution in [3.05, 3.63) is 63.5 Å². The highest BCUT2D eigenvalue weighted by Crippen LogP contribution is 2.31. The molecule has 4 rings (SSSR count). The molecule has 1 fully saturated rings. The van der Waals surface area contributed by atoms with E-state index in [1.165, 1.54) is 23.1 Å². The second-order valence-electron chi connectivity index (χ2n) is 7.36. The molecule has 6 nitrogen and oxygen atoms in total. The van der Waals surface area contributed by atoms with E-state index >= 15 is 0 Å². The Labute approximate surface area is 183 Å². The number of carbonyl (C=O) groups is 1. The van der Waals surface area contributed by atoms with Gasteiger partial charge in [0.2, 0.25) is 5.91 Å². The molecule has 0 aliphatic carbocycles. The molecule has 1 saturated heterocycles. The third kappa shape index (κ3) is 4.70. The maximum atomic E-state index is 13.1. The largest absolute Gasteiger partial charge is 0.497 e. The van der Waals surface area contributed by atoms with Gasteiger partial charge in [0.25, 0.3) is 5.56 Å². The van der Waals surface area contributed by atoms with Gasteiger partial charge in [0, 0.05) is 29.9 Å². The quantitative estimate of drug-likeness (QED) is 0.573. The summed E-state index contributed by atoms with van der Waals surface area (Å²) in [6.07, 6.45) is 6.03. The fraction of sp³-hybridized carbons (Fsp3) is 0.409. The molecular formula is C22H25N3O3S2. The number of hydrogen-bond donors (Lipinski definition) is 0. The first-order chi connectivity index (χ1) is 14.7. The molecule has 3 heterocycles. The Morgan fingerprint density at radius 3 is 2.90 bits per heavy atom. The van der Waals surface area contributed by atoms with Gasteiger partial charge < -0.3 is 9.64 Å². The Hall–Kier alpha value is -2.32. The zero-order chi connectivity index (χ0) is 20.9. The molecule has 158 valence electrons. The molecule has 3 aromatic rings. The van der Waals surface area contributed by atoms with E-state index in [1.807, 2.05) is 22.4 Å². The zero-order valence-corrected chi connectivity index (χ0v) is 18.6. The number of amides is 1. The van der Waals surface area contributed by atoms with Gasteiger partial charge in [-0.1, -0.05) is 25.0 Å². The highest BCUT2D eigenvalue weighted by atomic mass is 32.2. The predicted molar refractivity (Wildman–Crippen MR) is 121 cm³/mol. The van der Waals surface area contributed by atoms with Gasteiger partial charge in [-0.05, 0) is 30.5 Å². The molecule has 1 aromatic carbocycles. The Bertz CT molecular complexity index is 1060. The Balaban J connectivity index is 1.42. The molecule has 0 saturated carbocycles. The number of likely N-dealkylation sites (tertiary alicyclic amines) is 1. The first-order valence-corrected chi connectivity index (χ1v) is 12.2. The fourth-order valence-corrected chi connectivity index (χ4v) is 5.41. The van der Waals surface area contributed by atoms with Crippen molar-refractivity contribution in [1.29, 1.82) is 0 Å². The van der Waals surface area contributed by atoms with Crippen LogP contribution in [-0.4, -0.2) is 39.6 Å². The minimum Gasteiger partial charge on any atom is -0.497 e. The third-order valence-electron chi connectivity index (χ3n) is 5.41. The minimum atomic E-state index is -0.0738. The van der Waals surface area contributed by atoms with Crippen molar-refractivity contribution in [3.63, 3.8) is 0 Å². The molecule has 0 N–H and O–H groups in total. The highest BCUT2D eigenvalue weighted by molar-refractivity contribution is 7.99. The van der Waals surface area contributed by atoms with E-state index < -0.39 is 0 Å². The number of methoxy groups -OCH3 is 1. The predicted octanol–water partition coefficient (Wildman–Crippen LogP) is 4.14. The summed E-state index contributed by atoms with van der Waals surface area (Å²) < 4.78 is 6.81. The number of fused-ring (bicyclic) bond motifs is 1. The van der Waals surface area contributed by atoms with Crippen LogP contribution in [0.5, 0.6) is 5.75 Å². The Morgan fingerprint density at radius 1 is 1.27 bits per heavy atom. The molecule has 0 radical (unpaired) electrons. The Morgan fingerprint density at radius 2 is 2.10 bits per heavy atom. The molecule has 8 heteroatoms. The van der Waals surface area contributed by atoms with Crippen LogP contribution in [0.25, 0.3) is 4.96 Å². The molecule has 1 amide bonds. The van der Waals surface area contributed by atoms with Gasteiger partial charge in [-0.25, -0.2) is 4.98 Å². The molecule has 1 aliphatic rings. The smallest absolute Gasteiger partial charge is 0.258 e. The summed E-state index contributed by atoms with van der Waals surface area (Å²) in [6, 6.07) is 9.72. The van der Waals surface area contributed by atoms with E-state index in [0.29, 0.717) is 16.5 Å². The lowest BCUT2D eigenvalue weighted by atomic mass is 10.0. The van der Waals surface area contributed by atoms with E-state index in [0.717, 1.165) is 49.2 Å². The van der Waals surface area contributed by atoms with Crippen molar-refractivity contribution in [3.8, 4) is 5.75 Å². The van der Waals surface area contributed by atoms with E-state index in [2.05, 4.69) is 17.1 Å². The van der Waals surface area contributed by atoms with Gasteiger partial charge in [-0.3, -0.25) is 14.0 Å². The van der Waals surface area contributed by atoms with Gasteiger partial charge >= 0.3 is 0 Å². The standard InChI is InChI=1S/C22H25N3O3S2/c1-28-18-8-6-16(7-9-18)19-5-3-2-4-10-24(19)21(27)15-29-14-17-13-20(26)25-11-12-30-22(25)23-17/h6-9,11-13,19H,2-5,10,14-15H2,1H3. The first kappa shape index (κ1) is 20.9. The molecule has 2 aromatic heterocycles. The monoisotopic (exact) mass is 443 g/mol. The van der Waals surface area contributed by atoms with Gasteiger partial charge in [-0.2, -0.15) is 0 Å². The van der Waals surface area contributed by atoms with Crippen LogP contribution in [0.3, 0.4) is 0 Å². The van der Waals surface area contributed by atoms with Crippen LogP contribution >= 0.6 is 23.1 Å². The highest BCUT2D eigenvalue weighted by Gasteiger charge is 2.26. The Kier molecular flexibility index (Phi) is 6.74. The normalized spacial score (nSPS) is 17.1. The van der Waals surface area contributed by atoms with Crippen LogP contribution in [0.4, 0.5) is 0 Å². The molecule has 30 heavy (non-hydrogen) atoms. The number of ether oxygens (including phenoxy) is 1. The zero-order valence-electron chi connectivity index (χ0n) is 17.0. The topological polar surface area (TPSA) is 63.9 Å². The molecule has 0 bridgehead atoms. The van der Waals surface area contributed by atoms with Crippen LogP contribution in [0, 0.1) is 0 Å². The average molecular weight is 444 g/mol. The third-order valence-corrected chi connectivity index (χ3v) is 7.11. The summed E-state index contributed by atoms with van der Waals surface area (Å²) in [6.45, 7) is 0.789. The van der Waals surface area contributed by atoms with Gasteiger partial charge in [0.15, 0.2) is 4.96 Å². The van der Waals surface area contributed by atoms with Crippen molar-refractivity contribution in [1.82, 2.24) is 14.3 Å². The average Bonchev–Trinajstić information content (AvgIpc) is 3.10. The summed E-state index contributed by atoms with van der Waals surface area (Å²) in [4.78, 5) is 32.5. The summed E-state index contributed by atoms with van der Waals surface area (Å²) in [7, 11) is 1.66. The van der Waals surface area contributed by atoms with Gasteiger partial charge in [0.1, 0.15) is 5.75 Å². The van der Waals surface area contributed by atoms with Crippen LogP contribution < -0.4 is 10.3 Å². The minimum absolute atomic E-state index is 0.0738. The van der Waals surface area contributed by atoms with Gasteiger partial charge in [0.05, 0.1) is 24.6 Å². The SMILES string of the molecule is COc1ccc(C2CCCCCN2C(=O)CSCc2cc(=O)n3ccsc3n2)cc1. The number of hydrogen-bond acceptors (Lipinski definition) is 6. The van der Waals surface area contributed by atoms with Crippen molar-refractivity contribution in [2.75, 3.05) is 19.4 Å². The maximum Gasteiger partial charge on any atom is 0.258 e. The summed E-state index contributed by atoms with van der Waals surface area (Å²) in [5.74, 6) is 1.91. The van der Waals surface area contributed by atoms with E-state index in [4.69, 9.17) is 4.74 Å². The lowest BCUT2D eigenvalue weighted by Crippen LogP contribution is -2.36. The molecule has 1 unspecified atom stereocenters. The van der Waals surface area contributed by atoms with Gasteiger partial charge in [-0.15, -0.1) is 23.1 Å². The fourth-order valence-electron chi connectivity index (χ4n) is 3.87. The number of benzene rings is 1. The van der Waals surface area contributed by atoms with Crippen LogP contribution in [0.1, 0.15) is 43.0 Å². The number of nitrogens with zero attached hydrogens (tertiary/aromatic N) is 3. The second kappa shape index (κ2) is 9.66. The number of carbonyl (C=O) groups excluding carboxylic acids is 1.